The van der Waals surface area contributed by atoms with Crippen LogP contribution in [-0.4, -0.2) is 14.8 Å². The summed E-state index contributed by atoms with van der Waals surface area (Å²) < 4.78 is 3.51. The summed E-state index contributed by atoms with van der Waals surface area (Å²) in [4.78, 5) is 4.62. The molecular formula is C15H12Br2N4. The molecule has 0 radical (unpaired) electrons. The van der Waals surface area contributed by atoms with Gasteiger partial charge in [0.15, 0.2) is 11.6 Å². The van der Waals surface area contributed by atoms with E-state index in [1.165, 1.54) is 0 Å². The Morgan fingerprint density at radius 3 is 2.52 bits per heavy atom. The Morgan fingerprint density at radius 1 is 1.10 bits per heavy atom. The average Bonchev–Trinajstić information content (AvgIpc) is 2.86. The summed E-state index contributed by atoms with van der Waals surface area (Å²) in [5.41, 5.74) is 8.62. The molecule has 0 amide bonds. The van der Waals surface area contributed by atoms with Gasteiger partial charge in [0.1, 0.15) is 0 Å². The van der Waals surface area contributed by atoms with Gasteiger partial charge in [-0.05, 0) is 28.1 Å². The molecule has 0 atom stereocenters. The highest BCUT2D eigenvalue weighted by atomic mass is 79.9. The molecule has 0 aliphatic rings. The Bertz CT molecular complexity index is 797. The lowest BCUT2D eigenvalue weighted by Gasteiger charge is -2.07. The van der Waals surface area contributed by atoms with Gasteiger partial charge in [0, 0.05) is 27.1 Å². The number of nitrogen functional groups attached to an aromatic ring is 1. The highest BCUT2D eigenvalue weighted by Gasteiger charge is 2.15. The fraction of sp³-hybridized carbons (Fsp3) is 0.0667. The minimum Gasteiger partial charge on any atom is -0.397 e. The lowest BCUT2D eigenvalue weighted by molar-refractivity contribution is 0.777. The zero-order chi connectivity index (χ0) is 15.0. The topological polar surface area (TPSA) is 56.7 Å². The van der Waals surface area contributed by atoms with E-state index in [1.807, 2.05) is 49.5 Å². The number of hydrogen-bond donors (Lipinski definition) is 1. The number of benzene rings is 2. The number of halogens is 2. The molecule has 0 fully saturated rings. The van der Waals surface area contributed by atoms with Gasteiger partial charge < -0.3 is 5.73 Å². The van der Waals surface area contributed by atoms with Crippen LogP contribution in [0.3, 0.4) is 0 Å². The number of aromatic nitrogens is 3. The molecule has 6 heteroatoms. The first-order valence-corrected chi connectivity index (χ1v) is 7.86. The van der Waals surface area contributed by atoms with Crippen LogP contribution < -0.4 is 5.73 Å². The molecule has 1 aromatic heterocycles. The second kappa shape index (κ2) is 5.61. The largest absolute Gasteiger partial charge is 0.397 e. The number of aryl methyl sites for hydroxylation is 1. The Kier molecular flexibility index (Phi) is 3.82. The van der Waals surface area contributed by atoms with Crippen LogP contribution in [-0.2, 0) is 7.05 Å². The van der Waals surface area contributed by atoms with Crippen LogP contribution in [0.1, 0.15) is 0 Å². The third-order valence-corrected chi connectivity index (χ3v) is 4.24. The maximum absolute atomic E-state index is 6.15. The van der Waals surface area contributed by atoms with Crippen LogP contribution >= 0.6 is 31.9 Å². The van der Waals surface area contributed by atoms with Gasteiger partial charge in [-0.3, -0.25) is 0 Å². The van der Waals surface area contributed by atoms with E-state index in [9.17, 15) is 0 Å². The molecule has 4 nitrogen and oxygen atoms in total. The zero-order valence-electron chi connectivity index (χ0n) is 11.2. The second-order valence-electron chi connectivity index (χ2n) is 4.60. The number of nitrogens with two attached hydrogens (primary N) is 1. The van der Waals surface area contributed by atoms with Gasteiger partial charge in [0.2, 0.25) is 0 Å². The van der Waals surface area contributed by atoms with Crippen molar-refractivity contribution in [3.63, 3.8) is 0 Å². The van der Waals surface area contributed by atoms with Crippen molar-refractivity contribution in [1.29, 1.82) is 0 Å². The van der Waals surface area contributed by atoms with Crippen molar-refractivity contribution < 1.29 is 0 Å². The molecule has 0 bridgehead atoms. The van der Waals surface area contributed by atoms with Crippen molar-refractivity contribution >= 4 is 37.5 Å². The third-order valence-electron chi connectivity index (χ3n) is 3.13. The van der Waals surface area contributed by atoms with E-state index in [2.05, 4.69) is 41.9 Å². The summed E-state index contributed by atoms with van der Waals surface area (Å²) in [5, 5.41) is 4.48. The molecule has 0 aliphatic carbocycles. The Balaban J connectivity index is 2.15. The van der Waals surface area contributed by atoms with E-state index in [0.717, 1.165) is 25.9 Å². The van der Waals surface area contributed by atoms with Gasteiger partial charge in [-0.1, -0.05) is 46.3 Å². The number of anilines is 1. The Hall–Kier alpha value is -1.66. The molecule has 2 N–H and O–H groups in total. The van der Waals surface area contributed by atoms with Crippen molar-refractivity contribution in [2.24, 2.45) is 7.05 Å². The van der Waals surface area contributed by atoms with Crippen LogP contribution in [0.2, 0.25) is 0 Å². The summed E-state index contributed by atoms with van der Waals surface area (Å²) in [7, 11) is 1.86. The Morgan fingerprint density at radius 2 is 1.81 bits per heavy atom. The van der Waals surface area contributed by atoms with Crippen molar-refractivity contribution in [2.45, 2.75) is 0 Å². The highest BCUT2D eigenvalue weighted by Crippen LogP contribution is 2.34. The van der Waals surface area contributed by atoms with E-state index in [1.54, 1.807) is 4.68 Å². The first kappa shape index (κ1) is 14.3. The monoisotopic (exact) mass is 406 g/mol. The van der Waals surface area contributed by atoms with Gasteiger partial charge in [-0.15, -0.1) is 0 Å². The van der Waals surface area contributed by atoms with E-state index in [4.69, 9.17) is 5.73 Å². The molecule has 0 unspecified atom stereocenters. The summed E-state index contributed by atoms with van der Waals surface area (Å²) in [6.45, 7) is 0. The molecule has 0 aliphatic heterocycles. The quantitative estimate of drug-likeness (QED) is 0.645. The summed E-state index contributed by atoms with van der Waals surface area (Å²) in [5.74, 6) is 1.41. The zero-order valence-corrected chi connectivity index (χ0v) is 14.4. The van der Waals surface area contributed by atoms with Crippen molar-refractivity contribution in [2.75, 3.05) is 5.73 Å². The van der Waals surface area contributed by atoms with Gasteiger partial charge in [0.25, 0.3) is 0 Å². The van der Waals surface area contributed by atoms with Gasteiger partial charge in [-0.2, -0.15) is 5.10 Å². The average molecular weight is 408 g/mol. The predicted octanol–water partition coefficient (Wildman–Crippen LogP) is 4.26. The minimum atomic E-state index is 0.647. The second-order valence-corrected chi connectivity index (χ2v) is 6.37. The number of hydrogen-bond acceptors (Lipinski definition) is 3. The maximum atomic E-state index is 6.15. The van der Waals surface area contributed by atoms with E-state index in [-0.39, 0.29) is 0 Å². The molecular weight excluding hydrogens is 396 g/mol. The smallest absolute Gasteiger partial charge is 0.181 e. The first-order valence-electron chi connectivity index (χ1n) is 6.27. The maximum Gasteiger partial charge on any atom is 0.181 e. The lowest BCUT2D eigenvalue weighted by atomic mass is 10.1. The van der Waals surface area contributed by atoms with Crippen molar-refractivity contribution in [1.82, 2.24) is 14.8 Å². The molecule has 106 valence electrons. The van der Waals surface area contributed by atoms with Crippen LogP contribution in [0.5, 0.6) is 0 Å². The SMILES string of the molecule is Cn1nc(-c2ccccc2)nc1-c1cc(Br)cc(Br)c1N. The minimum absolute atomic E-state index is 0.647. The van der Waals surface area contributed by atoms with Gasteiger partial charge in [0.05, 0.1) is 5.69 Å². The predicted molar refractivity (Wildman–Crippen MR) is 91.7 cm³/mol. The summed E-state index contributed by atoms with van der Waals surface area (Å²) in [6, 6.07) is 13.7. The fourth-order valence-corrected chi connectivity index (χ4v) is 3.32. The van der Waals surface area contributed by atoms with Crippen LogP contribution in [0, 0.1) is 0 Å². The number of rotatable bonds is 2. The molecule has 0 saturated heterocycles. The number of nitrogens with zero attached hydrogens (tertiary/aromatic N) is 3. The molecule has 2 aromatic carbocycles. The highest BCUT2D eigenvalue weighted by molar-refractivity contribution is 9.11. The first-order chi connectivity index (χ1) is 10.1. The van der Waals surface area contributed by atoms with Crippen molar-refractivity contribution in [3.05, 3.63) is 51.4 Å². The van der Waals surface area contributed by atoms with E-state index < -0.39 is 0 Å². The molecule has 0 spiro atoms. The molecule has 1 heterocycles. The van der Waals surface area contributed by atoms with Crippen LogP contribution in [0.25, 0.3) is 22.8 Å². The molecule has 21 heavy (non-hydrogen) atoms. The third kappa shape index (κ3) is 2.73. The standard InChI is InChI=1S/C15H12Br2N4/c1-21-15(11-7-10(16)8-12(17)13(11)18)19-14(20-21)9-5-3-2-4-6-9/h2-8H,18H2,1H3. The van der Waals surface area contributed by atoms with Crippen molar-refractivity contribution in [3.8, 4) is 22.8 Å². The normalized spacial score (nSPS) is 10.8. The lowest BCUT2D eigenvalue weighted by Crippen LogP contribution is -1.99. The van der Waals surface area contributed by atoms with E-state index >= 15 is 0 Å². The van der Waals surface area contributed by atoms with Crippen LogP contribution in [0.4, 0.5) is 5.69 Å². The summed E-state index contributed by atoms with van der Waals surface area (Å²) in [6.07, 6.45) is 0. The summed E-state index contributed by atoms with van der Waals surface area (Å²) >= 11 is 6.94. The molecule has 3 aromatic rings. The van der Waals surface area contributed by atoms with Gasteiger partial charge in [-0.25, -0.2) is 9.67 Å². The van der Waals surface area contributed by atoms with Crippen LogP contribution in [0.15, 0.2) is 51.4 Å². The molecule has 0 saturated carbocycles. The van der Waals surface area contributed by atoms with E-state index in [0.29, 0.717) is 11.5 Å². The fourth-order valence-electron chi connectivity index (χ4n) is 2.10. The Labute approximate surface area is 139 Å². The van der Waals surface area contributed by atoms with Gasteiger partial charge >= 0.3 is 0 Å². The molecule has 3 rings (SSSR count).